The molecule has 104 valence electrons. The smallest absolute Gasteiger partial charge is 0.322 e. The number of rotatable bonds is 7. The van der Waals surface area contributed by atoms with Crippen LogP contribution in [0.4, 0.5) is 0 Å². The third-order valence-electron chi connectivity index (χ3n) is 3.48. The van der Waals surface area contributed by atoms with Crippen LogP contribution in [-0.4, -0.2) is 30.5 Å². The number of carboxylic acids is 1. The lowest BCUT2D eigenvalue weighted by molar-refractivity contribution is -0.136. The summed E-state index contributed by atoms with van der Waals surface area (Å²) in [4.78, 5) is 11.2. The highest BCUT2D eigenvalue weighted by Crippen LogP contribution is 2.33. The van der Waals surface area contributed by atoms with Crippen molar-refractivity contribution in [3.8, 4) is 0 Å². The molecule has 1 saturated carbocycles. The van der Waals surface area contributed by atoms with Crippen LogP contribution in [0.15, 0.2) is 30.3 Å². The van der Waals surface area contributed by atoms with Gasteiger partial charge in [0, 0.05) is 0 Å². The van der Waals surface area contributed by atoms with E-state index in [0.717, 1.165) is 18.4 Å². The van der Waals surface area contributed by atoms with Gasteiger partial charge in [0.1, 0.15) is 0 Å². The third kappa shape index (κ3) is 4.06. The summed E-state index contributed by atoms with van der Waals surface area (Å²) < 4.78 is 24.3. The predicted octanol–water partition coefficient (Wildman–Crippen LogP) is 1.90. The van der Waals surface area contributed by atoms with E-state index in [2.05, 4.69) is 0 Å². The second-order valence-electron chi connectivity index (χ2n) is 5.12. The van der Waals surface area contributed by atoms with E-state index in [9.17, 15) is 18.3 Å². The van der Waals surface area contributed by atoms with E-state index >= 15 is 0 Å². The second kappa shape index (κ2) is 5.74. The molecule has 1 atom stereocenters. The van der Waals surface area contributed by atoms with Crippen LogP contribution in [0.3, 0.4) is 0 Å². The Morgan fingerprint density at radius 3 is 2.42 bits per heavy atom. The van der Waals surface area contributed by atoms with Gasteiger partial charge >= 0.3 is 5.97 Å². The molecule has 1 fully saturated rings. The topological polar surface area (TPSA) is 71.4 Å². The molecule has 2 rings (SSSR count). The van der Waals surface area contributed by atoms with Crippen molar-refractivity contribution in [3.05, 3.63) is 35.9 Å². The Hall–Kier alpha value is -1.36. The van der Waals surface area contributed by atoms with Crippen LogP contribution in [0.2, 0.25) is 0 Å². The average molecular weight is 282 g/mol. The van der Waals surface area contributed by atoms with Crippen molar-refractivity contribution in [2.45, 2.75) is 30.9 Å². The van der Waals surface area contributed by atoms with Gasteiger partial charge in [-0.1, -0.05) is 43.2 Å². The fourth-order valence-electron chi connectivity index (χ4n) is 2.08. The minimum absolute atomic E-state index is 0.0124. The average Bonchev–Trinajstić information content (AvgIpc) is 3.18. The SMILES string of the molecule is O=C(O)C(Cc1ccccc1)S(=O)(=O)CCC1CC1. The normalized spacial score (nSPS) is 17.1. The second-order valence-corrected chi connectivity index (χ2v) is 7.42. The molecule has 19 heavy (non-hydrogen) atoms. The number of aliphatic carboxylic acids is 1. The minimum Gasteiger partial charge on any atom is -0.480 e. The molecule has 0 bridgehead atoms. The minimum atomic E-state index is -3.57. The van der Waals surface area contributed by atoms with Gasteiger partial charge < -0.3 is 5.11 Å². The van der Waals surface area contributed by atoms with Crippen molar-refractivity contribution in [3.63, 3.8) is 0 Å². The first-order valence-corrected chi connectivity index (χ1v) is 8.19. The number of hydrogen-bond acceptors (Lipinski definition) is 3. The molecule has 0 radical (unpaired) electrons. The van der Waals surface area contributed by atoms with Gasteiger partial charge in [-0.15, -0.1) is 0 Å². The van der Waals surface area contributed by atoms with E-state index in [4.69, 9.17) is 0 Å². The largest absolute Gasteiger partial charge is 0.480 e. The van der Waals surface area contributed by atoms with Gasteiger partial charge in [0.25, 0.3) is 0 Å². The molecule has 0 aliphatic heterocycles. The van der Waals surface area contributed by atoms with Gasteiger partial charge in [-0.3, -0.25) is 4.79 Å². The first-order chi connectivity index (χ1) is 8.99. The number of carbonyl (C=O) groups is 1. The van der Waals surface area contributed by atoms with Crippen molar-refractivity contribution in [1.82, 2.24) is 0 Å². The van der Waals surface area contributed by atoms with Crippen molar-refractivity contribution >= 4 is 15.8 Å². The van der Waals surface area contributed by atoms with Gasteiger partial charge in [-0.25, -0.2) is 8.42 Å². The van der Waals surface area contributed by atoms with Crippen LogP contribution in [-0.2, 0) is 21.1 Å². The molecule has 1 unspecified atom stereocenters. The lowest BCUT2D eigenvalue weighted by atomic mass is 10.1. The summed E-state index contributed by atoms with van der Waals surface area (Å²) in [7, 11) is -3.57. The van der Waals surface area contributed by atoms with Crippen LogP contribution in [0, 0.1) is 5.92 Å². The molecule has 4 nitrogen and oxygen atoms in total. The zero-order chi connectivity index (χ0) is 13.9. The molecule has 1 N–H and O–H groups in total. The van der Waals surface area contributed by atoms with Crippen LogP contribution in [0.25, 0.3) is 0 Å². The van der Waals surface area contributed by atoms with E-state index < -0.39 is 21.1 Å². The number of sulfone groups is 1. The summed E-state index contributed by atoms with van der Waals surface area (Å²) in [5, 5.41) is 7.85. The lowest BCUT2D eigenvalue weighted by Gasteiger charge is -2.13. The number of benzene rings is 1. The van der Waals surface area contributed by atoms with Crippen LogP contribution in [0.5, 0.6) is 0 Å². The van der Waals surface area contributed by atoms with E-state index in [1.807, 2.05) is 6.07 Å². The van der Waals surface area contributed by atoms with E-state index in [1.54, 1.807) is 24.3 Å². The molecule has 0 aromatic heterocycles. The Kier molecular flexibility index (Phi) is 4.24. The summed E-state index contributed by atoms with van der Waals surface area (Å²) >= 11 is 0. The Balaban J connectivity index is 2.07. The predicted molar refractivity (Wildman–Crippen MR) is 72.7 cm³/mol. The van der Waals surface area contributed by atoms with E-state index in [0.29, 0.717) is 12.3 Å². The highest BCUT2D eigenvalue weighted by molar-refractivity contribution is 7.92. The number of carboxylic acid groups (broad SMARTS) is 1. The maximum Gasteiger partial charge on any atom is 0.322 e. The lowest BCUT2D eigenvalue weighted by Crippen LogP contribution is -2.34. The monoisotopic (exact) mass is 282 g/mol. The third-order valence-corrected chi connectivity index (χ3v) is 5.52. The van der Waals surface area contributed by atoms with Crippen molar-refractivity contribution < 1.29 is 18.3 Å². The van der Waals surface area contributed by atoms with Crippen LogP contribution in [0.1, 0.15) is 24.8 Å². The molecule has 1 aromatic carbocycles. The first-order valence-electron chi connectivity index (χ1n) is 6.47. The van der Waals surface area contributed by atoms with Gasteiger partial charge in [-0.05, 0) is 24.3 Å². The fraction of sp³-hybridized carbons (Fsp3) is 0.500. The van der Waals surface area contributed by atoms with Crippen molar-refractivity contribution in [2.24, 2.45) is 5.92 Å². The molecule has 0 heterocycles. The molecule has 0 saturated heterocycles. The standard InChI is InChI=1S/C14H18O4S/c15-14(16)13(10-12-4-2-1-3-5-12)19(17,18)9-8-11-6-7-11/h1-5,11,13H,6-10H2,(H,15,16). The number of hydrogen-bond donors (Lipinski definition) is 1. The van der Waals surface area contributed by atoms with Crippen LogP contribution < -0.4 is 0 Å². The van der Waals surface area contributed by atoms with E-state index in [1.165, 1.54) is 0 Å². The van der Waals surface area contributed by atoms with Crippen molar-refractivity contribution in [2.75, 3.05) is 5.75 Å². The van der Waals surface area contributed by atoms with Crippen molar-refractivity contribution in [1.29, 1.82) is 0 Å². The zero-order valence-corrected chi connectivity index (χ0v) is 11.5. The Bertz CT molecular complexity index is 532. The summed E-state index contributed by atoms with van der Waals surface area (Å²) in [5.74, 6) is -0.776. The first kappa shape index (κ1) is 14.1. The summed E-state index contributed by atoms with van der Waals surface area (Å²) in [6.45, 7) is 0. The molecule has 0 amide bonds. The molecular formula is C14H18O4S. The summed E-state index contributed by atoms with van der Waals surface area (Å²) in [5.41, 5.74) is 0.741. The maximum absolute atomic E-state index is 12.1. The Labute approximate surface area is 113 Å². The molecule has 1 aromatic rings. The van der Waals surface area contributed by atoms with E-state index in [-0.39, 0.29) is 12.2 Å². The van der Waals surface area contributed by atoms with Gasteiger partial charge in [0.05, 0.1) is 5.75 Å². The molecule has 1 aliphatic rings. The highest BCUT2D eigenvalue weighted by atomic mass is 32.2. The summed E-state index contributed by atoms with van der Waals surface area (Å²) in [6.07, 6.45) is 2.79. The van der Waals surface area contributed by atoms with Gasteiger partial charge in [-0.2, -0.15) is 0 Å². The van der Waals surface area contributed by atoms with Gasteiger partial charge in [0.2, 0.25) is 0 Å². The van der Waals surface area contributed by atoms with Crippen LogP contribution >= 0.6 is 0 Å². The molecule has 0 spiro atoms. The highest BCUT2D eigenvalue weighted by Gasteiger charge is 2.34. The summed E-state index contributed by atoms with van der Waals surface area (Å²) in [6, 6.07) is 8.90. The molecule has 5 heteroatoms. The zero-order valence-electron chi connectivity index (χ0n) is 10.7. The fourth-order valence-corrected chi connectivity index (χ4v) is 3.78. The maximum atomic E-state index is 12.1. The van der Waals surface area contributed by atoms with Gasteiger partial charge in [0.15, 0.2) is 15.1 Å². The molecular weight excluding hydrogens is 264 g/mol. The quantitative estimate of drug-likeness (QED) is 0.829. The Morgan fingerprint density at radius 2 is 1.89 bits per heavy atom. The Morgan fingerprint density at radius 1 is 1.26 bits per heavy atom. The molecule has 1 aliphatic carbocycles.